The molecule has 2 rings (SSSR count). The van der Waals surface area contributed by atoms with Crippen LogP contribution >= 0.6 is 22.9 Å². The molecular formula is C7H4ClN5OS. The van der Waals surface area contributed by atoms with Crippen LogP contribution in [0.1, 0.15) is 9.80 Å². The quantitative estimate of drug-likeness (QED) is 0.855. The molecule has 1 N–H and O–H groups in total. The molecule has 15 heavy (non-hydrogen) atoms. The Labute approximate surface area is 93.4 Å². The van der Waals surface area contributed by atoms with Gasteiger partial charge in [0.05, 0.1) is 18.1 Å². The summed E-state index contributed by atoms with van der Waals surface area (Å²) >= 11 is 6.55. The van der Waals surface area contributed by atoms with Crippen molar-refractivity contribution in [3.8, 4) is 0 Å². The molecule has 6 nitrogen and oxygen atoms in total. The second kappa shape index (κ2) is 4.28. The fraction of sp³-hybridized carbons (Fsp3) is 0. The van der Waals surface area contributed by atoms with Crippen LogP contribution in [0.15, 0.2) is 18.7 Å². The van der Waals surface area contributed by atoms with E-state index < -0.39 is 0 Å². The van der Waals surface area contributed by atoms with Crippen LogP contribution in [0.2, 0.25) is 4.47 Å². The molecule has 0 radical (unpaired) electrons. The van der Waals surface area contributed by atoms with Gasteiger partial charge in [-0.25, -0.2) is 9.97 Å². The summed E-state index contributed by atoms with van der Waals surface area (Å²) in [6.45, 7) is 0. The number of carbonyl (C=O) groups is 1. The number of amides is 1. The van der Waals surface area contributed by atoms with Crippen molar-refractivity contribution >= 4 is 34.5 Å². The Balaban J connectivity index is 2.11. The molecule has 1 amide bonds. The first-order valence-electron chi connectivity index (χ1n) is 3.81. The average Bonchev–Trinajstić information content (AvgIpc) is 2.66. The Morgan fingerprint density at radius 2 is 2.07 bits per heavy atom. The van der Waals surface area contributed by atoms with Gasteiger partial charge in [-0.3, -0.25) is 4.79 Å². The van der Waals surface area contributed by atoms with Gasteiger partial charge in [-0.05, 0) is 11.6 Å². The van der Waals surface area contributed by atoms with Gasteiger partial charge < -0.3 is 5.32 Å². The Hall–Kier alpha value is -1.60. The van der Waals surface area contributed by atoms with E-state index in [1.807, 2.05) is 0 Å². The number of rotatable bonds is 2. The van der Waals surface area contributed by atoms with Crippen molar-refractivity contribution in [2.24, 2.45) is 0 Å². The van der Waals surface area contributed by atoms with E-state index in [9.17, 15) is 4.79 Å². The minimum absolute atomic E-state index is 0.198. The van der Waals surface area contributed by atoms with E-state index in [2.05, 4.69) is 25.5 Å². The average molecular weight is 242 g/mol. The number of aromatic nitrogens is 4. The fourth-order valence-corrected chi connectivity index (χ4v) is 1.57. The zero-order valence-electron chi connectivity index (χ0n) is 7.22. The molecule has 0 aliphatic carbocycles. The smallest absolute Gasteiger partial charge is 0.286 e. The zero-order valence-corrected chi connectivity index (χ0v) is 8.79. The molecule has 0 saturated carbocycles. The SMILES string of the molecule is O=C(Nc1cncnc1)c1nnc(Cl)s1. The molecule has 0 fully saturated rings. The van der Waals surface area contributed by atoms with Gasteiger partial charge in [0.15, 0.2) is 0 Å². The summed E-state index contributed by atoms with van der Waals surface area (Å²) in [5.41, 5.74) is 0.494. The lowest BCUT2D eigenvalue weighted by atomic mass is 10.5. The number of hydrogen-bond donors (Lipinski definition) is 1. The van der Waals surface area contributed by atoms with Gasteiger partial charge in [-0.15, -0.1) is 10.2 Å². The first-order valence-corrected chi connectivity index (χ1v) is 5.00. The van der Waals surface area contributed by atoms with Crippen LogP contribution in [0.4, 0.5) is 5.69 Å². The first kappa shape index (κ1) is 9.94. The van der Waals surface area contributed by atoms with Gasteiger partial charge in [-0.1, -0.05) is 11.3 Å². The Bertz CT molecular complexity index is 473. The second-order valence-electron chi connectivity index (χ2n) is 2.44. The van der Waals surface area contributed by atoms with Gasteiger partial charge in [0.1, 0.15) is 6.33 Å². The molecule has 0 aliphatic heterocycles. The maximum Gasteiger partial charge on any atom is 0.286 e. The molecule has 76 valence electrons. The van der Waals surface area contributed by atoms with E-state index in [1.165, 1.54) is 18.7 Å². The van der Waals surface area contributed by atoms with Gasteiger partial charge >= 0.3 is 0 Å². The van der Waals surface area contributed by atoms with Crippen LogP contribution in [0, 0.1) is 0 Å². The van der Waals surface area contributed by atoms with Crippen molar-refractivity contribution in [3.63, 3.8) is 0 Å². The summed E-state index contributed by atoms with van der Waals surface area (Å²) in [7, 11) is 0. The molecule has 0 saturated heterocycles. The standard InChI is InChI=1S/C7H4ClN5OS/c8-7-13-12-6(15-7)5(14)11-4-1-9-3-10-2-4/h1-3H,(H,11,14). The summed E-state index contributed by atoms with van der Waals surface area (Å²) < 4.78 is 0.226. The van der Waals surface area contributed by atoms with E-state index in [4.69, 9.17) is 11.6 Å². The predicted octanol–water partition coefficient (Wildman–Crippen LogP) is 1.23. The van der Waals surface area contributed by atoms with E-state index >= 15 is 0 Å². The van der Waals surface area contributed by atoms with Crippen LogP contribution in [-0.4, -0.2) is 26.1 Å². The maximum absolute atomic E-state index is 11.5. The number of nitrogens with one attached hydrogen (secondary N) is 1. The summed E-state index contributed by atoms with van der Waals surface area (Å²) in [6.07, 6.45) is 4.33. The van der Waals surface area contributed by atoms with Gasteiger partial charge in [0.2, 0.25) is 9.47 Å². The molecule has 2 heterocycles. The number of hydrogen-bond acceptors (Lipinski definition) is 6. The minimum atomic E-state index is -0.380. The lowest BCUT2D eigenvalue weighted by molar-refractivity contribution is 0.102. The summed E-state index contributed by atoms with van der Waals surface area (Å²) in [5.74, 6) is -0.380. The van der Waals surface area contributed by atoms with E-state index in [0.717, 1.165) is 11.3 Å². The Kier molecular flexibility index (Phi) is 2.84. The van der Waals surface area contributed by atoms with Gasteiger partial charge in [0, 0.05) is 0 Å². The molecule has 0 aromatic carbocycles. The minimum Gasteiger partial charge on any atom is -0.317 e. The highest BCUT2D eigenvalue weighted by atomic mass is 35.5. The third-order valence-electron chi connectivity index (χ3n) is 1.41. The van der Waals surface area contributed by atoms with Gasteiger partial charge in [0.25, 0.3) is 5.91 Å². The van der Waals surface area contributed by atoms with Crippen molar-refractivity contribution in [2.75, 3.05) is 5.32 Å². The van der Waals surface area contributed by atoms with Crippen molar-refractivity contribution < 1.29 is 4.79 Å². The Morgan fingerprint density at radius 1 is 1.33 bits per heavy atom. The third kappa shape index (κ3) is 2.45. The highest BCUT2D eigenvalue weighted by Crippen LogP contribution is 2.15. The van der Waals surface area contributed by atoms with E-state index in [0.29, 0.717) is 5.69 Å². The number of anilines is 1. The predicted molar refractivity (Wildman–Crippen MR) is 54.9 cm³/mol. The van der Waals surface area contributed by atoms with Crippen LogP contribution in [-0.2, 0) is 0 Å². The third-order valence-corrected chi connectivity index (χ3v) is 2.43. The normalized spacial score (nSPS) is 9.93. The molecule has 0 atom stereocenters. The monoisotopic (exact) mass is 241 g/mol. The first-order chi connectivity index (χ1) is 7.25. The summed E-state index contributed by atoms with van der Waals surface area (Å²) in [4.78, 5) is 19.0. The second-order valence-corrected chi connectivity index (χ2v) is 4.00. The van der Waals surface area contributed by atoms with Crippen LogP contribution in [0.25, 0.3) is 0 Å². The molecular weight excluding hydrogens is 238 g/mol. The number of carbonyl (C=O) groups excluding carboxylic acids is 1. The van der Waals surface area contributed by atoms with Crippen LogP contribution < -0.4 is 5.32 Å². The fourth-order valence-electron chi connectivity index (χ4n) is 0.845. The maximum atomic E-state index is 11.5. The van der Waals surface area contributed by atoms with Gasteiger partial charge in [-0.2, -0.15) is 0 Å². The van der Waals surface area contributed by atoms with E-state index in [1.54, 1.807) is 0 Å². The topological polar surface area (TPSA) is 80.7 Å². The van der Waals surface area contributed by atoms with Crippen molar-refractivity contribution in [2.45, 2.75) is 0 Å². The zero-order chi connectivity index (χ0) is 10.7. The molecule has 0 spiro atoms. The summed E-state index contributed by atoms with van der Waals surface area (Å²) in [5, 5.41) is 9.87. The van der Waals surface area contributed by atoms with Crippen molar-refractivity contribution in [1.29, 1.82) is 0 Å². The lowest BCUT2D eigenvalue weighted by Gasteiger charge is -1.99. The number of nitrogens with zero attached hydrogens (tertiary/aromatic N) is 4. The molecule has 8 heteroatoms. The van der Waals surface area contributed by atoms with Crippen molar-refractivity contribution in [3.05, 3.63) is 28.2 Å². The van der Waals surface area contributed by atoms with Crippen molar-refractivity contribution in [1.82, 2.24) is 20.2 Å². The molecule has 2 aromatic heterocycles. The van der Waals surface area contributed by atoms with Crippen LogP contribution in [0.3, 0.4) is 0 Å². The highest BCUT2D eigenvalue weighted by Gasteiger charge is 2.11. The highest BCUT2D eigenvalue weighted by molar-refractivity contribution is 7.17. The molecule has 0 aliphatic rings. The lowest BCUT2D eigenvalue weighted by Crippen LogP contribution is -2.11. The Morgan fingerprint density at radius 3 is 2.67 bits per heavy atom. The van der Waals surface area contributed by atoms with E-state index in [-0.39, 0.29) is 15.4 Å². The number of halogens is 1. The molecule has 0 unspecified atom stereocenters. The largest absolute Gasteiger partial charge is 0.317 e. The van der Waals surface area contributed by atoms with Crippen LogP contribution in [0.5, 0.6) is 0 Å². The summed E-state index contributed by atoms with van der Waals surface area (Å²) in [6, 6.07) is 0. The molecule has 0 bridgehead atoms. The molecule has 2 aromatic rings.